The number of unbranched alkanes of at least 4 members (excludes halogenated alkanes) is 1. The minimum absolute atomic E-state index is 1.06. The quantitative estimate of drug-likeness (QED) is 0.631. The maximum atomic E-state index is 4.72. The summed E-state index contributed by atoms with van der Waals surface area (Å²) in [5, 5.41) is 4.89. The first-order valence-electron chi connectivity index (χ1n) is 8.40. The van der Waals surface area contributed by atoms with Gasteiger partial charge in [-0.1, -0.05) is 49.7 Å². The molecule has 2 aromatic carbocycles. The second kappa shape index (κ2) is 6.82. The summed E-state index contributed by atoms with van der Waals surface area (Å²) in [5.41, 5.74) is 7.24. The van der Waals surface area contributed by atoms with Crippen molar-refractivity contribution in [3.63, 3.8) is 0 Å². The Labute approximate surface area is 138 Å². The van der Waals surface area contributed by atoms with Crippen LogP contribution in [0.4, 0.5) is 11.4 Å². The lowest BCUT2D eigenvalue weighted by Gasteiger charge is -2.17. The van der Waals surface area contributed by atoms with E-state index in [1.165, 1.54) is 46.3 Å². The van der Waals surface area contributed by atoms with Gasteiger partial charge in [0.05, 0.1) is 11.2 Å². The van der Waals surface area contributed by atoms with Gasteiger partial charge in [0.1, 0.15) is 0 Å². The topological polar surface area (TPSA) is 24.9 Å². The van der Waals surface area contributed by atoms with Gasteiger partial charge in [-0.2, -0.15) is 0 Å². The number of para-hydroxylation sites is 2. The number of fused-ring (bicyclic) bond motifs is 1. The van der Waals surface area contributed by atoms with Crippen LogP contribution in [0.1, 0.15) is 36.5 Å². The molecule has 0 unspecified atom stereocenters. The van der Waals surface area contributed by atoms with Crippen LogP contribution in [0.2, 0.25) is 0 Å². The van der Waals surface area contributed by atoms with Crippen molar-refractivity contribution in [1.82, 2.24) is 4.98 Å². The first kappa shape index (κ1) is 15.5. The molecule has 0 radical (unpaired) electrons. The molecule has 0 aliphatic heterocycles. The van der Waals surface area contributed by atoms with Gasteiger partial charge < -0.3 is 5.32 Å². The van der Waals surface area contributed by atoms with Crippen molar-refractivity contribution in [1.29, 1.82) is 0 Å². The number of anilines is 2. The predicted molar refractivity (Wildman–Crippen MR) is 99.6 cm³/mol. The molecule has 2 heteroatoms. The molecule has 0 saturated carbocycles. The van der Waals surface area contributed by atoms with Gasteiger partial charge in [0.25, 0.3) is 0 Å². The Kier molecular flexibility index (Phi) is 4.61. The zero-order valence-corrected chi connectivity index (χ0v) is 14.2. The summed E-state index contributed by atoms with van der Waals surface area (Å²) in [6, 6.07) is 14.8. The number of nitrogens with zero attached hydrogens (tertiary/aromatic N) is 1. The molecular weight excluding hydrogens is 280 g/mol. The summed E-state index contributed by atoms with van der Waals surface area (Å²) in [6.45, 7) is 6.49. The van der Waals surface area contributed by atoms with Gasteiger partial charge in [-0.3, -0.25) is 4.98 Å². The Morgan fingerprint density at radius 3 is 2.52 bits per heavy atom. The Morgan fingerprint density at radius 1 is 0.957 bits per heavy atom. The van der Waals surface area contributed by atoms with Crippen molar-refractivity contribution in [3.8, 4) is 0 Å². The highest BCUT2D eigenvalue weighted by molar-refractivity contribution is 5.96. The van der Waals surface area contributed by atoms with Crippen LogP contribution < -0.4 is 5.32 Å². The molecule has 0 aliphatic rings. The SMILES string of the molecule is CCCCc1cnc2c(C)cccc2c1Nc1ccccc1C. The molecule has 0 saturated heterocycles. The van der Waals surface area contributed by atoms with Gasteiger partial charge in [0, 0.05) is 17.3 Å². The molecule has 0 spiro atoms. The Balaban J connectivity index is 2.14. The second-order valence-corrected chi connectivity index (χ2v) is 6.17. The Bertz CT molecular complexity index is 821. The molecule has 1 heterocycles. The first-order chi connectivity index (χ1) is 11.2. The lowest BCUT2D eigenvalue weighted by Crippen LogP contribution is -2.01. The van der Waals surface area contributed by atoms with E-state index >= 15 is 0 Å². The number of nitrogens with one attached hydrogen (secondary N) is 1. The monoisotopic (exact) mass is 304 g/mol. The Hall–Kier alpha value is -2.35. The molecule has 1 aromatic heterocycles. The fourth-order valence-corrected chi connectivity index (χ4v) is 2.96. The highest BCUT2D eigenvalue weighted by atomic mass is 14.9. The number of aromatic nitrogens is 1. The van der Waals surface area contributed by atoms with Gasteiger partial charge in [-0.25, -0.2) is 0 Å². The summed E-state index contributed by atoms with van der Waals surface area (Å²) < 4.78 is 0. The molecule has 3 rings (SSSR count). The van der Waals surface area contributed by atoms with Crippen LogP contribution >= 0.6 is 0 Å². The lowest BCUT2D eigenvalue weighted by molar-refractivity contribution is 0.794. The van der Waals surface area contributed by atoms with E-state index in [1.54, 1.807) is 0 Å². The lowest BCUT2D eigenvalue weighted by atomic mass is 10.0. The fourth-order valence-electron chi connectivity index (χ4n) is 2.96. The van der Waals surface area contributed by atoms with E-state index in [0.29, 0.717) is 0 Å². The third-order valence-electron chi connectivity index (χ3n) is 4.38. The van der Waals surface area contributed by atoms with E-state index in [1.807, 2.05) is 6.20 Å². The average molecular weight is 304 g/mol. The highest BCUT2D eigenvalue weighted by Gasteiger charge is 2.11. The molecule has 0 atom stereocenters. The van der Waals surface area contributed by atoms with Crippen molar-refractivity contribution in [2.45, 2.75) is 40.0 Å². The number of hydrogen-bond donors (Lipinski definition) is 1. The standard InChI is InChI=1S/C21H24N2/c1-4-5-11-17-14-22-20-16(3)10-8-12-18(20)21(17)23-19-13-7-6-9-15(19)2/h6-10,12-14H,4-5,11H2,1-3H3,(H,22,23). The van der Waals surface area contributed by atoms with Gasteiger partial charge >= 0.3 is 0 Å². The van der Waals surface area contributed by atoms with Crippen molar-refractivity contribution >= 4 is 22.3 Å². The highest BCUT2D eigenvalue weighted by Crippen LogP contribution is 2.32. The van der Waals surface area contributed by atoms with Crippen LogP contribution in [0, 0.1) is 13.8 Å². The van der Waals surface area contributed by atoms with Crippen molar-refractivity contribution in [2.24, 2.45) is 0 Å². The number of aryl methyl sites for hydroxylation is 3. The number of pyridine rings is 1. The summed E-state index contributed by atoms with van der Waals surface area (Å²) in [6.07, 6.45) is 5.48. The Morgan fingerprint density at radius 2 is 1.74 bits per heavy atom. The molecule has 0 bridgehead atoms. The number of benzene rings is 2. The molecule has 0 fully saturated rings. The maximum Gasteiger partial charge on any atom is 0.0752 e. The van der Waals surface area contributed by atoms with E-state index in [2.05, 4.69) is 68.6 Å². The minimum atomic E-state index is 1.06. The molecule has 1 N–H and O–H groups in total. The normalized spacial score (nSPS) is 10.9. The van der Waals surface area contributed by atoms with Crippen LogP contribution in [-0.4, -0.2) is 4.98 Å². The van der Waals surface area contributed by atoms with Crippen molar-refractivity contribution in [2.75, 3.05) is 5.32 Å². The maximum absolute atomic E-state index is 4.72. The molecule has 3 aromatic rings. The summed E-state index contributed by atoms with van der Waals surface area (Å²) in [5.74, 6) is 0. The largest absolute Gasteiger partial charge is 0.354 e. The van der Waals surface area contributed by atoms with E-state index in [9.17, 15) is 0 Å². The number of rotatable bonds is 5. The number of hydrogen-bond acceptors (Lipinski definition) is 2. The first-order valence-corrected chi connectivity index (χ1v) is 8.40. The van der Waals surface area contributed by atoms with Gasteiger partial charge in [-0.15, -0.1) is 0 Å². The molecule has 2 nitrogen and oxygen atoms in total. The molecule has 0 amide bonds. The van der Waals surface area contributed by atoms with Gasteiger partial charge in [0.2, 0.25) is 0 Å². The summed E-state index contributed by atoms with van der Waals surface area (Å²) in [4.78, 5) is 4.72. The average Bonchev–Trinajstić information content (AvgIpc) is 2.56. The molecular formula is C21H24N2. The molecule has 0 aliphatic carbocycles. The van der Waals surface area contributed by atoms with E-state index in [0.717, 1.165) is 11.9 Å². The van der Waals surface area contributed by atoms with Crippen LogP contribution in [0.15, 0.2) is 48.7 Å². The zero-order chi connectivity index (χ0) is 16.2. The third-order valence-corrected chi connectivity index (χ3v) is 4.38. The third kappa shape index (κ3) is 3.21. The van der Waals surface area contributed by atoms with Crippen molar-refractivity contribution in [3.05, 3.63) is 65.4 Å². The van der Waals surface area contributed by atoms with Crippen LogP contribution in [0.5, 0.6) is 0 Å². The smallest absolute Gasteiger partial charge is 0.0752 e. The van der Waals surface area contributed by atoms with E-state index < -0.39 is 0 Å². The van der Waals surface area contributed by atoms with Crippen LogP contribution in [-0.2, 0) is 6.42 Å². The molecule has 118 valence electrons. The summed E-state index contributed by atoms with van der Waals surface area (Å²) in [7, 11) is 0. The van der Waals surface area contributed by atoms with Gasteiger partial charge in [-0.05, 0) is 49.4 Å². The van der Waals surface area contributed by atoms with Crippen molar-refractivity contribution < 1.29 is 0 Å². The van der Waals surface area contributed by atoms with Gasteiger partial charge in [0.15, 0.2) is 0 Å². The fraction of sp³-hybridized carbons (Fsp3) is 0.286. The van der Waals surface area contributed by atoms with E-state index in [4.69, 9.17) is 4.98 Å². The van der Waals surface area contributed by atoms with Crippen LogP contribution in [0.25, 0.3) is 10.9 Å². The predicted octanol–water partition coefficient (Wildman–Crippen LogP) is 5.94. The van der Waals surface area contributed by atoms with E-state index in [-0.39, 0.29) is 0 Å². The van der Waals surface area contributed by atoms with Crippen LogP contribution in [0.3, 0.4) is 0 Å². The zero-order valence-electron chi connectivity index (χ0n) is 14.2. The minimum Gasteiger partial charge on any atom is -0.354 e. The summed E-state index contributed by atoms with van der Waals surface area (Å²) >= 11 is 0. The molecule has 23 heavy (non-hydrogen) atoms. The second-order valence-electron chi connectivity index (χ2n) is 6.17.